The number of hydrogen-bond donors (Lipinski definition) is 2. The molecule has 4 rings (SSSR count). The van der Waals surface area contributed by atoms with Gasteiger partial charge in [-0.05, 0) is 11.6 Å². The summed E-state index contributed by atoms with van der Waals surface area (Å²) in [6.07, 6.45) is 3.24. The predicted octanol–water partition coefficient (Wildman–Crippen LogP) is 2.82. The van der Waals surface area contributed by atoms with Crippen molar-refractivity contribution >= 4 is 28.3 Å². The van der Waals surface area contributed by atoms with Crippen LogP contribution in [0.15, 0.2) is 54.2 Å². The van der Waals surface area contributed by atoms with Gasteiger partial charge in [0.05, 0.1) is 25.5 Å². The fourth-order valence-corrected chi connectivity index (χ4v) is 3.36. The van der Waals surface area contributed by atoms with Crippen molar-refractivity contribution in [1.29, 1.82) is 0 Å². The number of carbonyl (C=O) groups is 2. The lowest BCUT2D eigenvalue weighted by molar-refractivity contribution is 0.0594. The fraction of sp³-hybridized carbons (Fsp3) is 0.105. The summed E-state index contributed by atoms with van der Waals surface area (Å²) < 4.78 is 6.27. The molecule has 0 aliphatic rings. The molecule has 1 amide bonds. The van der Waals surface area contributed by atoms with Gasteiger partial charge in [0.25, 0.3) is 5.91 Å². The molecule has 3 aromatic heterocycles. The number of ether oxygens (including phenoxy) is 1. The highest BCUT2D eigenvalue weighted by molar-refractivity contribution is 7.14. The van der Waals surface area contributed by atoms with Gasteiger partial charge in [-0.2, -0.15) is 0 Å². The summed E-state index contributed by atoms with van der Waals surface area (Å²) in [6.45, 7) is 0.526. The molecule has 0 aliphatic heterocycles. The second-order valence-corrected chi connectivity index (χ2v) is 6.93. The van der Waals surface area contributed by atoms with E-state index < -0.39 is 11.9 Å². The minimum Gasteiger partial charge on any atom is -0.464 e. The molecule has 0 spiro atoms. The number of rotatable bonds is 6. The number of benzene rings is 1. The van der Waals surface area contributed by atoms with Gasteiger partial charge < -0.3 is 9.72 Å². The molecule has 0 unspecified atom stereocenters. The third kappa shape index (κ3) is 4.22. The molecule has 0 saturated carbocycles. The second kappa shape index (κ2) is 8.07. The van der Waals surface area contributed by atoms with E-state index in [0.29, 0.717) is 23.1 Å². The molecule has 29 heavy (non-hydrogen) atoms. The number of esters is 1. The monoisotopic (exact) mass is 408 g/mol. The summed E-state index contributed by atoms with van der Waals surface area (Å²) in [7, 11) is 1.31. The van der Waals surface area contributed by atoms with Crippen molar-refractivity contribution in [2.75, 3.05) is 12.4 Å². The minimum absolute atomic E-state index is 0.201. The third-order valence-electron chi connectivity index (χ3n) is 4.07. The van der Waals surface area contributed by atoms with Crippen LogP contribution in [-0.4, -0.2) is 43.9 Å². The first-order valence-electron chi connectivity index (χ1n) is 8.60. The number of H-pyrrole nitrogens is 1. The first kappa shape index (κ1) is 18.6. The molecule has 0 bridgehead atoms. The molecule has 0 radical (unpaired) electrons. The van der Waals surface area contributed by atoms with Crippen molar-refractivity contribution in [2.24, 2.45) is 0 Å². The number of nitrogens with zero attached hydrogens (tertiary/aromatic N) is 4. The SMILES string of the molecule is COC(=O)c1cc(-c2csc(NC(=O)c3cn(Cc4ccccc4)nn3)n2)c[nH]1. The van der Waals surface area contributed by atoms with Gasteiger partial charge in [0.15, 0.2) is 10.8 Å². The van der Waals surface area contributed by atoms with E-state index in [2.05, 4.69) is 30.3 Å². The first-order chi connectivity index (χ1) is 14.1. The zero-order chi connectivity index (χ0) is 20.2. The first-order valence-corrected chi connectivity index (χ1v) is 9.48. The Morgan fingerprint density at radius 3 is 2.90 bits per heavy atom. The van der Waals surface area contributed by atoms with Crippen LogP contribution in [0.5, 0.6) is 0 Å². The number of anilines is 1. The highest BCUT2D eigenvalue weighted by atomic mass is 32.1. The Hall–Kier alpha value is -3.79. The number of aromatic amines is 1. The average Bonchev–Trinajstić information content (AvgIpc) is 3.48. The quantitative estimate of drug-likeness (QED) is 0.474. The molecule has 3 heterocycles. The maximum absolute atomic E-state index is 12.4. The molecule has 0 atom stereocenters. The van der Waals surface area contributed by atoms with E-state index >= 15 is 0 Å². The summed E-state index contributed by atoms with van der Waals surface area (Å²) in [5, 5.41) is 12.8. The number of aromatic nitrogens is 5. The normalized spacial score (nSPS) is 10.7. The topological polar surface area (TPSA) is 115 Å². The number of carbonyl (C=O) groups excluding carboxylic acids is 2. The van der Waals surface area contributed by atoms with Crippen LogP contribution < -0.4 is 5.32 Å². The highest BCUT2D eigenvalue weighted by Gasteiger charge is 2.15. The molecular weight excluding hydrogens is 392 g/mol. The Morgan fingerprint density at radius 1 is 1.28 bits per heavy atom. The van der Waals surface area contributed by atoms with E-state index in [4.69, 9.17) is 0 Å². The van der Waals surface area contributed by atoms with E-state index in [1.807, 2.05) is 30.3 Å². The van der Waals surface area contributed by atoms with Crippen LogP contribution in [0.4, 0.5) is 5.13 Å². The van der Waals surface area contributed by atoms with E-state index in [1.54, 1.807) is 28.5 Å². The molecular formula is C19H16N6O3S. The van der Waals surface area contributed by atoms with Crippen molar-refractivity contribution in [3.63, 3.8) is 0 Å². The van der Waals surface area contributed by atoms with Crippen molar-refractivity contribution < 1.29 is 14.3 Å². The molecule has 9 nitrogen and oxygen atoms in total. The molecule has 2 N–H and O–H groups in total. The third-order valence-corrected chi connectivity index (χ3v) is 4.83. The summed E-state index contributed by atoms with van der Waals surface area (Å²) in [5.41, 5.74) is 2.94. The maximum atomic E-state index is 12.4. The fourth-order valence-electron chi connectivity index (χ4n) is 2.65. The van der Waals surface area contributed by atoms with Gasteiger partial charge in [-0.1, -0.05) is 35.5 Å². The Balaban J connectivity index is 1.42. The van der Waals surface area contributed by atoms with E-state index in [1.165, 1.54) is 18.4 Å². The zero-order valence-corrected chi connectivity index (χ0v) is 16.1. The van der Waals surface area contributed by atoms with Gasteiger partial charge in [-0.15, -0.1) is 16.4 Å². The van der Waals surface area contributed by atoms with Gasteiger partial charge in [0.1, 0.15) is 5.69 Å². The van der Waals surface area contributed by atoms with Crippen LogP contribution in [0, 0.1) is 0 Å². The molecule has 1 aromatic carbocycles. The number of thiazole rings is 1. The Morgan fingerprint density at radius 2 is 2.10 bits per heavy atom. The Bertz CT molecular complexity index is 1150. The zero-order valence-electron chi connectivity index (χ0n) is 15.3. The summed E-state index contributed by atoms with van der Waals surface area (Å²) in [6, 6.07) is 11.4. The summed E-state index contributed by atoms with van der Waals surface area (Å²) in [4.78, 5) is 31.2. The van der Waals surface area contributed by atoms with Crippen molar-refractivity contribution in [3.8, 4) is 11.3 Å². The maximum Gasteiger partial charge on any atom is 0.354 e. The average molecular weight is 408 g/mol. The molecule has 4 aromatic rings. The van der Waals surface area contributed by atoms with Crippen molar-refractivity contribution in [2.45, 2.75) is 6.54 Å². The number of methoxy groups -OCH3 is 1. The van der Waals surface area contributed by atoms with Gasteiger partial charge in [0, 0.05) is 17.1 Å². The molecule has 0 fully saturated rings. The molecule has 10 heteroatoms. The smallest absolute Gasteiger partial charge is 0.354 e. The van der Waals surface area contributed by atoms with Crippen LogP contribution in [0.2, 0.25) is 0 Å². The van der Waals surface area contributed by atoms with Crippen LogP contribution in [0.3, 0.4) is 0 Å². The van der Waals surface area contributed by atoms with Crippen molar-refractivity contribution in [1.82, 2.24) is 25.0 Å². The van der Waals surface area contributed by atoms with E-state index in [9.17, 15) is 9.59 Å². The highest BCUT2D eigenvalue weighted by Crippen LogP contribution is 2.26. The summed E-state index contributed by atoms with van der Waals surface area (Å²) in [5.74, 6) is -0.854. The lowest BCUT2D eigenvalue weighted by Gasteiger charge is -1.99. The Labute approximate surface area is 169 Å². The second-order valence-electron chi connectivity index (χ2n) is 6.07. The van der Waals surface area contributed by atoms with Crippen LogP contribution in [0.25, 0.3) is 11.3 Å². The van der Waals surface area contributed by atoms with Crippen LogP contribution in [-0.2, 0) is 11.3 Å². The number of amides is 1. The van der Waals surface area contributed by atoms with E-state index in [0.717, 1.165) is 11.1 Å². The standard InChI is InChI=1S/C19H16N6O3S/c1-28-18(27)14-7-13(8-20-14)16-11-29-19(21-16)22-17(26)15-10-25(24-23-15)9-12-5-3-2-4-6-12/h2-8,10-11,20H,9H2,1H3,(H,21,22,26). The van der Waals surface area contributed by atoms with Gasteiger partial charge in [-0.25, -0.2) is 14.5 Å². The lowest BCUT2D eigenvalue weighted by Crippen LogP contribution is -2.12. The van der Waals surface area contributed by atoms with Crippen LogP contribution >= 0.6 is 11.3 Å². The van der Waals surface area contributed by atoms with Crippen molar-refractivity contribution in [3.05, 3.63) is 71.1 Å². The minimum atomic E-state index is -0.460. The predicted molar refractivity (Wildman–Crippen MR) is 107 cm³/mol. The molecule has 146 valence electrons. The lowest BCUT2D eigenvalue weighted by atomic mass is 10.2. The Kier molecular flexibility index (Phi) is 5.16. The molecule has 0 aliphatic carbocycles. The number of hydrogen-bond acceptors (Lipinski definition) is 7. The largest absolute Gasteiger partial charge is 0.464 e. The van der Waals surface area contributed by atoms with Gasteiger partial charge >= 0.3 is 5.97 Å². The number of nitrogens with one attached hydrogen (secondary N) is 2. The van der Waals surface area contributed by atoms with Gasteiger partial charge in [0.2, 0.25) is 0 Å². The van der Waals surface area contributed by atoms with Gasteiger partial charge in [-0.3, -0.25) is 10.1 Å². The van der Waals surface area contributed by atoms with E-state index in [-0.39, 0.29) is 5.69 Å². The van der Waals surface area contributed by atoms with Crippen LogP contribution in [0.1, 0.15) is 26.5 Å². The summed E-state index contributed by atoms with van der Waals surface area (Å²) >= 11 is 1.27. The molecule has 0 saturated heterocycles.